The van der Waals surface area contributed by atoms with Crippen LogP contribution in [0.1, 0.15) is 29.2 Å². The molecule has 0 unspecified atom stereocenters. The summed E-state index contributed by atoms with van der Waals surface area (Å²) < 4.78 is 7.53. The molecule has 0 radical (unpaired) electrons. The Hall–Kier alpha value is -3.28. The van der Waals surface area contributed by atoms with E-state index >= 15 is 0 Å². The summed E-state index contributed by atoms with van der Waals surface area (Å²) in [7, 11) is 0. The molecule has 0 spiro atoms. The number of nitrogens with zero attached hydrogens (tertiary/aromatic N) is 3. The molecule has 1 aliphatic heterocycles. The van der Waals surface area contributed by atoms with E-state index in [1.807, 2.05) is 23.1 Å². The molecule has 30 heavy (non-hydrogen) atoms. The predicted octanol–water partition coefficient (Wildman–Crippen LogP) is 3.16. The van der Waals surface area contributed by atoms with Gasteiger partial charge in [0, 0.05) is 31.9 Å². The molecule has 0 aliphatic carbocycles. The normalized spacial score (nSPS) is 13.0. The Bertz CT molecular complexity index is 981. The van der Waals surface area contributed by atoms with E-state index in [9.17, 15) is 0 Å². The van der Waals surface area contributed by atoms with Crippen molar-refractivity contribution in [2.24, 2.45) is 4.99 Å². The minimum atomic E-state index is 0.628. The summed E-state index contributed by atoms with van der Waals surface area (Å²) in [5.74, 6) is 1.88. The van der Waals surface area contributed by atoms with Crippen molar-refractivity contribution in [1.82, 2.24) is 20.4 Å². The first-order valence-corrected chi connectivity index (χ1v) is 10.6. The van der Waals surface area contributed by atoms with E-state index in [0.29, 0.717) is 6.54 Å². The number of benzene rings is 2. The summed E-state index contributed by atoms with van der Waals surface area (Å²) in [6.07, 6.45) is 5.75. The lowest BCUT2D eigenvalue weighted by molar-refractivity contribution is 0.357. The summed E-state index contributed by atoms with van der Waals surface area (Å²) in [5.41, 5.74) is 5.10. The summed E-state index contributed by atoms with van der Waals surface area (Å²) in [4.78, 5) is 4.81. The third-order valence-corrected chi connectivity index (χ3v) is 5.22. The van der Waals surface area contributed by atoms with Crippen molar-refractivity contribution in [3.8, 4) is 5.75 Å². The quantitative estimate of drug-likeness (QED) is 0.448. The van der Waals surface area contributed by atoms with Gasteiger partial charge in [-0.1, -0.05) is 36.4 Å². The van der Waals surface area contributed by atoms with Gasteiger partial charge in [0.25, 0.3) is 0 Å². The van der Waals surface area contributed by atoms with Gasteiger partial charge in [0.05, 0.1) is 19.7 Å². The topological polar surface area (TPSA) is 63.5 Å². The van der Waals surface area contributed by atoms with Crippen LogP contribution in [-0.4, -0.2) is 35.4 Å². The van der Waals surface area contributed by atoms with Gasteiger partial charge >= 0.3 is 0 Å². The molecule has 0 atom stereocenters. The van der Waals surface area contributed by atoms with E-state index < -0.39 is 0 Å². The molecule has 2 heterocycles. The van der Waals surface area contributed by atoms with E-state index in [1.165, 1.54) is 22.3 Å². The van der Waals surface area contributed by atoms with E-state index in [0.717, 1.165) is 50.8 Å². The second-order valence-corrected chi connectivity index (χ2v) is 7.38. The van der Waals surface area contributed by atoms with Gasteiger partial charge in [0.2, 0.25) is 0 Å². The van der Waals surface area contributed by atoms with Crippen molar-refractivity contribution in [3.05, 3.63) is 83.2 Å². The Kier molecular flexibility index (Phi) is 6.65. The van der Waals surface area contributed by atoms with Gasteiger partial charge in [0.1, 0.15) is 5.75 Å². The SMILES string of the molecule is CCNC(=NCc1ccccc1Cn1cccn1)NCCc1ccc2c(c1)CCO2. The van der Waals surface area contributed by atoms with Crippen LogP contribution < -0.4 is 15.4 Å². The lowest BCUT2D eigenvalue weighted by Gasteiger charge is -2.13. The monoisotopic (exact) mass is 403 g/mol. The smallest absolute Gasteiger partial charge is 0.191 e. The predicted molar refractivity (Wildman–Crippen MR) is 120 cm³/mol. The molecular formula is C24H29N5O. The number of guanidine groups is 1. The highest BCUT2D eigenvalue weighted by Crippen LogP contribution is 2.25. The molecule has 0 saturated carbocycles. The van der Waals surface area contributed by atoms with Crippen molar-refractivity contribution >= 4 is 5.96 Å². The van der Waals surface area contributed by atoms with E-state index in [-0.39, 0.29) is 0 Å². The zero-order valence-electron chi connectivity index (χ0n) is 17.5. The van der Waals surface area contributed by atoms with Crippen molar-refractivity contribution in [2.45, 2.75) is 32.9 Å². The zero-order valence-corrected chi connectivity index (χ0v) is 17.5. The fourth-order valence-corrected chi connectivity index (χ4v) is 3.66. The number of aromatic nitrogens is 2. The van der Waals surface area contributed by atoms with Crippen LogP contribution >= 0.6 is 0 Å². The van der Waals surface area contributed by atoms with Crippen molar-refractivity contribution in [1.29, 1.82) is 0 Å². The first-order chi connectivity index (χ1) is 14.8. The lowest BCUT2D eigenvalue weighted by Crippen LogP contribution is -2.38. The first-order valence-electron chi connectivity index (χ1n) is 10.6. The van der Waals surface area contributed by atoms with Crippen LogP contribution in [0, 0.1) is 0 Å². The second kappa shape index (κ2) is 9.96. The zero-order chi connectivity index (χ0) is 20.6. The minimum Gasteiger partial charge on any atom is -0.493 e. The maximum atomic E-state index is 5.59. The van der Waals surface area contributed by atoms with E-state index in [2.05, 4.69) is 65.1 Å². The van der Waals surface area contributed by atoms with Crippen LogP contribution in [0.4, 0.5) is 0 Å². The molecule has 0 saturated heterocycles. The molecule has 0 fully saturated rings. The molecule has 0 amide bonds. The summed E-state index contributed by atoms with van der Waals surface area (Å²) in [6.45, 7) is 5.94. The van der Waals surface area contributed by atoms with E-state index in [1.54, 1.807) is 0 Å². The Balaban J connectivity index is 1.36. The number of aliphatic imine (C=N–C) groups is 1. The third-order valence-electron chi connectivity index (χ3n) is 5.22. The van der Waals surface area contributed by atoms with Gasteiger partial charge in [-0.25, -0.2) is 4.99 Å². The lowest BCUT2D eigenvalue weighted by atomic mass is 10.1. The van der Waals surface area contributed by atoms with Gasteiger partial charge in [-0.3, -0.25) is 4.68 Å². The highest BCUT2D eigenvalue weighted by atomic mass is 16.5. The van der Waals surface area contributed by atoms with Crippen molar-refractivity contribution < 1.29 is 4.74 Å². The summed E-state index contributed by atoms with van der Waals surface area (Å²) in [6, 6.07) is 16.9. The van der Waals surface area contributed by atoms with Gasteiger partial charge in [-0.2, -0.15) is 5.10 Å². The highest BCUT2D eigenvalue weighted by Gasteiger charge is 2.11. The molecule has 1 aromatic heterocycles. The molecule has 1 aliphatic rings. The van der Waals surface area contributed by atoms with Crippen LogP contribution in [0.5, 0.6) is 5.75 Å². The molecule has 6 nitrogen and oxygen atoms in total. The minimum absolute atomic E-state index is 0.628. The number of hydrogen-bond acceptors (Lipinski definition) is 3. The molecule has 0 bridgehead atoms. The maximum absolute atomic E-state index is 5.59. The van der Waals surface area contributed by atoms with Crippen LogP contribution in [0.3, 0.4) is 0 Å². The number of ether oxygens (including phenoxy) is 1. The van der Waals surface area contributed by atoms with Gasteiger partial charge < -0.3 is 15.4 Å². The Morgan fingerprint density at radius 3 is 2.87 bits per heavy atom. The number of hydrogen-bond donors (Lipinski definition) is 2. The first kappa shape index (κ1) is 20.0. The van der Waals surface area contributed by atoms with Crippen LogP contribution in [-0.2, 0) is 25.9 Å². The molecule has 4 rings (SSSR count). The molecule has 6 heteroatoms. The average molecular weight is 404 g/mol. The fraction of sp³-hybridized carbons (Fsp3) is 0.333. The van der Waals surface area contributed by atoms with Gasteiger partial charge in [0.15, 0.2) is 5.96 Å². The van der Waals surface area contributed by atoms with Crippen LogP contribution in [0.2, 0.25) is 0 Å². The van der Waals surface area contributed by atoms with Gasteiger partial charge in [-0.15, -0.1) is 0 Å². The average Bonchev–Trinajstić information content (AvgIpc) is 3.44. The number of fused-ring (bicyclic) bond motifs is 1. The van der Waals surface area contributed by atoms with Crippen molar-refractivity contribution in [2.75, 3.05) is 19.7 Å². The second-order valence-electron chi connectivity index (χ2n) is 7.38. The van der Waals surface area contributed by atoms with Gasteiger partial charge in [-0.05, 0) is 47.7 Å². The highest BCUT2D eigenvalue weighted by molar-refractivity contribution is 5.79. The maximum Gasteiger partial charge on any atom is 0.191 e. The van der Waals surface area contributed by atoms with E-state index in [4.69, 9.17) is 9.73 Å². The third kappa shape index (κ3) is 5.20. The van der Waals surface area contributed by atoms with Crippen molar-refractivity contribution in [3.63, 3.8) is 0 Å². The Morgan fingerprint density at radius 2 is 2.03 bits per heavy atom. The van der Waals surface area contributed by atoms with Crippen LogP contribution in [0.15, 0.2) is 65.9 Å². The standard InChI is InChI=1S/C24H29N5O/c1-2-25-24(26-13-10-19-8-9-23-20(16-19)11-15-30-23)27-17-21-6-3-4-7-22(21)18-29-14-5-12-28-29/h3-9,12,14,16H,2,10-11,13,15,17-18H2,1H3,(H2,25,26,27). The summed E-state index contributed by atoms with van der Waals surface area (Å²) in [5, 5.41) is 11.1. The molecular weight excluding hydrogens is 374 g/mol. The van der Waals surface area contributed by atoms with Crippen LogP contribution in [0.25, 0.3) is 0 Å². The number of nitrogens with one attached hydrogen (secondary N) is 2. The molecule has 2 N–H and O–H groups in total. The Labute approximate surface area is 178 Å². The molecule has 156 valence electrons. The fourth-order valence-electron chi connectivity index (χ4n) is 3.66. The molecule has 2 aromatic carbocycles. The summed E-state index contributed by atoms with van der Waals surface area (Å²) >= 11 is 0. The largest absolute Gasteiger partial charge is 0.493 e. The Morgan fingerprint density at radius 1 is 1.13 bits per heavy atom. The number of rotatable bonds is 8. The molecule has 3 aromatic rings.